The van der Waals surface area contributed by atoms with Crippen LogP contribution < -0.4 is 14.8 Å². The van der Waals surface area contributed by atoms with Gasteiger partial charge in [0.15, 0.2) is 11.5 Å². The number of rotatable bonds is 8. The van der Waals surface area contributed by atoms with Crippen LogP contribution in [0.4, 0.5) is 4.39 Å². The second-order valence-electron chi connectivity index (χ2n) is 7.05. The molecule has 0 atom stereocenters. The van der Waals surface area contributed by atoms with Crippen LogP contribution in [0.2, 0.25) is 0 Å². The Hall–Kier alpha value is -3.64. The first-order valence-corrected chi connectivity index (χ1v) is 10.00. The Kier molecular flexibility index (Phi) is 6.29. The van der Waals surface area contributed by atoms with E-state index >= 15 is 0 Å². The minimum Gasteiger partial charge on any atom is -0.493 e. The fourth-order valence-electron chi connectivity index (χ4n) is 3.53. The van der Waals surface area contributed by atoms with Crippen molar-refractivity contribution in [3.05, 3.63) is 95.9 Å². The van der Waals surface area contributed by atoms with Crippen molar-refractivity contribution in [2.75, 3.05) is 14.2 Å². The number of hydrogen-bond donors (Lipinski definition) is 1. The summed E-state index contributed by atoms with van der Waals surface area (Å²) in [5, 5.41) is 8.24. The molecule has 5 nitrogen and oxygen atoms in total. The molecule has 0 amide bonds. The third kappa shape index (κ3) is 4.59. The number of methoxy groups -OCH3 is 2. The number of nitrogens with one attached hydrogen (secondary N) is 1. The first kappa shape index (κ1) is 20.6. The maximum Gasteiger partial charge on any atom is 0.165 e. The number of hydrogen-bond acceptors (Lipinski definition) is 4. The summed E-state index contributed by atoms with van der Waals surface area (Å²) in [5.41, 5.74) is 4.66. The van der Waals surface area contributed by atoms with E-state index in [1.807, 2.05) is 59.4 Å². The molecule has 0 fully saturated rings. The number of ether oxygens (including phenoxy) is 2. The van der Waals surface area contributed by atoms with Crippen LogP contribution in [-0.2, 0) is 13.1 Å². The zero-order valence-electron chi connectivity index (χ0n) is 17.5. The number of benzene rings is 3. The SMILES string of the molecule is COc1cccc(CNCc2cn(-c3ccccc3)nc2-c2ccc(F)cc2)c1OC. The molecule has 0 aliphatic rings. The maximum atomic E-state index is 13.4. The Labute approximate surface area is 181 Å². The molecular formula is C25H24FN3O2. The molecule has 1 heterocycles. The van der Waals surface area contributed by atoms with Gasteiger partial charge in [0.1, 0.15) is 5.82 Å². The highest BCUT2D eigenvalue weighted by molar-refractivity contribution is 5.63. The second kappa shape index (κ2) is 9.45. The van der Waals surface area contributed by atoms with Crippen molar-refractivity contribution >= 4 is 0 Å². The molecule has 158 valence electrons. The molecule has 0 aliphatic heterocycles. The largest absolute Gasteiger partial charge is 0.493 e. The summed E-state index contributed by atoms with van der Waals surface area (Å²) in [5.74, 6) is 1.15. The van der Waals surface area contributed by atoms with Crippen LogP contribution >= 0.6 is 0 Å². The number of halogens is 1. The summed E-state index contributed by atoms with van der Waals surface area (Å²) < 4.78 is 26.2. The smallest absolute Gasteiger partial charge is 0.165 e. The van der Waals surface area contributed by atoms with Gasteiger partial charge in [0.2, 0.25) is 0 Å². The fourth-order valence-corrected chi connectivity index (χ4v) is 3.53. The molecule has 1 aromatic heterocycles. The van der Waals surface area contributed by atoms with Crippen LogP contribution in [0.15, 0.2) is 79.0 Å². The predicted octanol–water partition coefficient (Wildman–Crippen LogP) is 4.99. The van der Waals surface area contributed by atoms with E-state index < -0.39 is 0 Å². The maximum absolute atomic E-state index is 13.4. The Balaban J connectivity index is 1.60. The fraction of sp³-hybridized carbons (Fsp3) is 0.160. The lowest BCUT2D eigenvalue weighted by atomic mass is 10.1. The molecule has 0 aliphatic carbocycles. The first-order valence-electron chi connectivity index (χ1n) is 10.00. The van der Waals surface area contributed by atoms with Crippen LogP contribution in [0, 0.1) is 5.82 Å². The number of aromatic nitrogens is 2. The lowest BCUT2D eigenvalue weighted by molar-refractivity contribution is 0.350. The van der Waals surface area contributed by atoms with Gasteiger partial charge in [0.05, 0.1) is 25.6 Å². The molecule has 3 aromatic carbocycles. The second-order valence-corrected chi connectivity index (χ2v) is 7.05. The topological polar surface area (TPSA) is 48.3 Å². The van der Waals surface area contributed by atoms with Crippen LogP contribution in [0.5, 0.6) is 11.5 Å². The quantitative estimate of drug-likeness (QED) is 0.439. The molecule has 4 rings (SSSR count). The minimum atomic E-state index is -0.268. The summed E-state index contributed by atoms with van der Waals surface area (Å²) in [6.45, 7) is 1.18. The predicted molar refractivity (Wildman–Crippen MR) is 119 cm³/mol. The molecular weight excluding hydrogens is 393 g/mol. The Bertz CT molecular complexity index is 1140. The van der Waals surface area contributed by atoms with E-state index in [1.165, 1.54) is 12.1 Å². The van der Waals surface area contributed by atoms with Gasteiger partial charge in [-0.2, -0.15) is 5.10 Å². The van der Waals surface area contributed by atoms with E-state index in [-0.39, 0.29) is 5.82 Å². The lowest BCUT2D eigenvalue weighted by Gasteiger charge is -2.13. The number of para-hydroxylation sites is 2. The van der Waals surface area contributed by atoms with Gasteiger partial charge in [-0.25, -0.2) is 9.07 Å². The molecule has 4 aromatic rings. The van der Waals surface area contributed by atoms with Gasteiger partial charge in [-0.3, -0.25) is 0 Å². The third-order valence-corrected chi connectivity index (χ3v) is 5.04. The summed E-state index contributed by atoms with van der Waals surface area (Å²) in [6, 6.07) is 22.1. The van der Waals surface area contributed by atoms with E-state index in [0.29, 0.717) is 18.8 Å². The summed E-state index contributed by atoms with van der Waals surface area (Å²) in [4.78, 5) is 0. The van der Waals surface area contributed by atoms with Gasteiger partial charge in [-0.15, -0.1) is 0 Å². The standard InChI is InChI=1S/C25H24FN3O2/c1-30-23-10-6-7-19(25(23)31-2)15-27-16-20-17-29(22-8-4-3-5-9-22)28-24(20)18-11-13-21(26)14-12-18/h3-14,17,27H,15-16H2,1-2H3. The third-order valence-electron chi connectivity index (χ3n) is 5.04. The molecule has 0 saturated heterocycles. The molecule has 31 heavy (non-hydrogen) atoms. The van der Waals surface area contributed by atoms with Crippen molar-refractivity contribution in [3.8, 4) is 28.4 Å². The van der Waals surface area contributed by atoms with Crippen LogP contribution in [0.3, 0.4) is 0 Å². The van der Waals surface area contributed by atoms with Gasteiger partial charge in [0, 0.05) is 36.0 Å². The highest BCUT2D eigenvalue weighted by Crippen LogP contribution is 2.31. The molecule has 0 saturated carbocycles. The van der Waals surface area contributed by atoms with Crippen LogP contribution in [-0.4, -0.2) is 24.0 Å². The molecule has 0 radical (unpaired) electrons. The van der Waals surface area contributed by atoms with Gasteiger partial charge < -0.3 is 14.8 Å². The Morgan fingerprint density at radius 2 is 1.58 bits per heavy atom. The molecule has 0 spiro atoms. The zero-order chi connectivity index (χ0) is 21.6. The van der Waals surface area contributed by atoms with Crippen molar-refractivity contribution in [1.82, 2.24) is 15.1 Å². The highest BCUT2D eigenvalue weighted by atomic mass is 19.1. The van der Waals surface area contributed by atoms with Crippen LogP contribution in [0.1, 0.15) is 11.1 Å². The van der Waals surface area contributed by atoms with E-state index in [9.17, 15) is 4.39 Å². The zero-order valence-corrected chi connectivity index (χ0v) is 17.5. The van der Waals surface area contributed by atoms with Crippen molar-refractivity contribution in [1.29, 1.82) is 0 Å². The van der Waals surface area contributed by atoms with Crippen molar-refractivity contribution < 1.29 is 13.9 Å². The highest BCUT2D eigenvalue weighted by Gasteiger charge is 2.14. The minimum absolute atomic E-state index is 0.268. The molecule has 6 heteroatoms. The Morgan fingerprint density at radius 3 is 2.29 bits per heavy atom. The van der Waals surface area contributed by atoms with Crippen molar-refractivity contribution in [3.63, 3.8) is 0 Å². The normalized spacial score (nSPS) is 10.8. The van der Waals surface area contributed by atoms with E-state index in [4.69, 9.17) is 14.6 Å². The van der Waals surface area contributed by atoms with Crippen molar-refractivity contribution in [2.45, 2.75) is 13.1 Å². The molecule has 0 bridgehead atoms. The van der Waals surface area contributed by atoms with E-state index in [2.05, 4.69) is 5.32 Å². The van der Waals surface area contributed by atoms with Crippen LogP contribution in [0.25, 0.3) is 16.9 Å². The molecule has 0 unspecified atom stereocenters. The average Bonchev–Trinajstić information content (AvgIpc) is 3.24. The average molecular weight is 417 g/mol. The first-order chi connectivity index (χ1) is 15.2. The Morgan fingerprint density at radius 1 is 0.839 bits per heavy atom. The number of nitrogens with zero attached hydrogens (tertiary/aromatic N) is 2. The lowest BCUT2D eigenvalue weighted by Crippen LogP contribution is -2.14. The van der Waals surface area contributed by atoms with Gasteiger partial charge in [-0.05, 0) is 42.5 Å². The van der Waals surface area contributed by atoms with Crippen molar-refractivity contribution in [2.24, 2.45) is 0 Å². The van der Waals surface area contributed by atoms with Gasteiger partial charge in [0.25, 0.3) is 0 Å². The van der Waals surface area contributed by atoms with Gasteiger partial charge >= 0.3 is 0 Å². The summed E-state index contributed by atoms with van der Waals surface area (Å²) in [6.07, 6.45) is 2.00. The van der Waals surface area contributed by atoms with E-state index in [0.717, 1.165) is 33.8 Å². The monoisotopic (exact) mass is 417 g/mol. The summed E-state index contributed by atoms with van der Waals surface area (Å²) >= 11 is 0. The summed E-state index contributed by atoms with van der Waals surface area (Å²) in [7, 11) is 3.26. The molecule has 1 N–H and O–H groups in total. The van der Waals surface area contributed by atoms with E-state index in [1.54, 1.807) is 26.4 Å². The van der Waals surface area contributed by atoms with Gasteiger partial charge in [-0.1, -0.05) is 30.3 Å².